The minimum Gasteiger partial charge on any atom is -0.467 e. The molecule has 10 heteroatoms. The van der Waals surface area contributed by atoms with Crippen LogP contribution in [0, 0.1) is 0 Å². The van der Waals surface area contributed by atoms with Gasteiger partial charge in [-0.2, -0.15) is 0 Å². The maximum absolute atomic E-state index is 12.2. The monoisotopic (exact) mass is 452 g/mol. The third kappa shape index (κ3) is 11.2. The van der Waals surface area contributed by atoms with Crippen LogP contribution in [0.5, 0.6) is 5.75 Å². The van der Waals surface area contributed by atoms with Gasteiger partial charge in [-0.1, -0.05) is 12.1 Å². The average Bonchev–Trinajstić information content (AvgIpc) is 2.63. The van der Waals surface area contributed by atoms with E-state index in [1.807, 2.05) is 0 Å². The van der Waals surface area contributed by atoms with Crippen molar-refractivity contribution in [2.75, 3.05) is 13.7 Å². The first-order valence-electron chi connectivity index (χ1n) is 10.0. The maximum atomic E-state index is 12.2. The van der Waals surface area contributed by atoms with Crippen molar-refractivity contribution in [2.45, 2.75) is 65.2 Å². The van der Waals surface area contributed by atoms with Gasteiger partial charge >= 0.3 is 18.2 Å². The van der Waals surface area contributed by atoms with Crippen molar-refractivity contribution in [2.24, 2.45) is 0 Å². The van der Waals surface area contributed by atoms with Crippen LogP contribution < -0.4 is 15.4 Å². The van der Waals surface area contributed by atoms with Crippen LogP contribution in [0.1, 0.15) is 47.1 Å². The van der Waals surface area contributed by atoms with Gasteiger partial charge in [0.2, 0.25) is 5.91 Å². The first kappa shape index (κ1) is 26.7. The van der Waals surface area contributed by atoms with E-state index in [0.717, 1.165) is 0 Å². The van der Waals surface area contributed by atoms with Crippen LogP contribution in [-0.2, 0) is 30.2 Å². The number of hydrogen-bond acceptors (Lipinski definition) is 8. The van der Waals surface area contributed by atoms with Gasteiger partial charge in [-0.15, -0.1) is 0 Å². The molecule has 0 unspecified atom stereocenters. The summed E-state index contributed by atoms with van der Waals surface area (Å²) in [6.45, 7) is 9.90. The Morgan fingerprint density at radius 2 is 1.47 bits per heavy atom. The lowest BCUT2D eigenvalue weighted by Crippen LogP contribution is -2.47. The minimum atomic E-state index is -0.981. The molecule has 1 atom stereocenters. The molecule has 0 aliphatic rings. The number of nitrogens with one attached hydrogen (secondary N) is 2. The lowest BCUT2D eigenvalue weighted by molar-refractivity contribution is -0.144. The lowest BCUT2D eigenvalue weighted by Gasteiger charge is -2.20. The fraction of sp³-hybridized carbons (Fsp3) is 0.545. The molecule has 0 aromatic heterocycles. The van der Waals surface area contributed by atoms with E-state index in [-0.39, 0.29) is 18.7 Å². The molecule has 1 rings (SSSR count). The normalized spacial score (nSPS) is 12.2. The summed E-state index contributed by atoms with van der Waals surface area (Å²) in [5.74, 6) is -0.968. The molecule has 0 bridgehead atoms. The number of alkyl carbamates (subject to hydrolysis) is 1. The highest BCUT2D eigenvalue weighted by atomic mass is 16.7. The number of methoxy groups -OCH3 is 1. The number of hydrogen-bond donors (Lipinski definition) is 2. The molecule has 2 amide bonds. The SMILES string of the molecule is COC(=O)[C@H](Cc1ccc(OC(=O)OC(C)(C)C)cc1)NC(=O)CNC(=O)OC(C)(C)C. The van der Waals surface area contributed by atoms with E-state index in [1.165, 1.54) is 7.11 Å². The van der Waals surface area contributed by atoms with Crippen LogP contribution in [0.2, 0.25) is 0 Å². The zero-order valence-electron chi connectivity index (χ0n) is 19.6. The third-order valence-electron chi connectivity index (χ3n) is 3.57. The molecule has 0 saturated carbocycles. The van der Waals surface area contributed by atoms with E-state index < -0.39 is 41.4 Å². The molecule has 32 heavy (non-hydrogen) atoms. The molecule has 0 spiro atoms. The van der Waals surface area contributed by atoms with E-state index in [1.54, 1.807) is 65.8 Å². The fourth-order valence-corrected chi connectivity index (χ4v) is 2.34. The highest BCUT2D eigenvalue weighted by Crippen LogP contribution is 2.16. The van der Waals surface area contributed by atoms with Gasteiger partial charge < -0.3 is 29.6 Å². The van der Waals surface area contributed by atoms with E-state index >= 15 is 0 Å². The zero-order valence-corrected chi connectivity index (χ0v) is 19.6. The Bertz CT molecular complexity index is 807. The summed E-state index contributed by atoms with van der Waals surface area (Å²) in [5.41, 5.74) is -0.701. The Hall–Kier alpha value is -3.30. The Labute approximate surface area is 187 Å². The summed E-state index contributed by atoms with van der Waals surface area (Å²) < 4.78 is 20.0. The van der Waals surface area contributed by atoms with Gasteiger partial charge in [0.25, 0.3) is 0 Å². The van der Waals surface area contributed by atoms with Gasteiger partial charge in [0, 0.05) is 6.42 Å². The standard InChI is InChI=1S/C22H32N2O8/c1-21(2,3)31-19(27)23-13-17(25)24-16(18(26)29-7)12-14-8-10-15(11-9-14)30-20(28)32-22(4,5)6/h8-11,16H,12-13H2,1-7H3,(H,23,27)(H,24,25)/t16-/m0/s1. The van der Waals surface area contributed by atoms with Crippen LogP contribution >= 0.6 is 0 Å². The van der Waals surface area contributed by atoms with Gasteiger partial charge in [0.05, 0.1) is 7.11 Å². The summed E-state index contributed by atoms with van der Waals surface area (Å²) in [5, 5.41) is 4.84. The van der Waals surface area contributed by atoms with Crippen molar-refractivity contribution >= 4 is 24.1 Å². The molecule has 0 radical (unpaired) electrons. The number of ether oxygens (including phenoxy) is 4. The molecule has 0 aliphatic heterocycles. The Kier molecular flexibility index (Phi) is 9.49. The van der Waals surface area contributed by atoms with Crippen LogP contribution in [0.25, 0.3) is 0 Å². The van der Waals surface area contributed by atoms with Gasteiger partial charge in [-0.25, -0.2) is 14.4 Å². The molecule has 0 aliphatic carbocycles. The van der Waals surface area contributed by atoms with E-state index in [9.17, 15) is 19.2 Å². The highest BCUT2D eigenvalue weighted by Gasteiger charge is 2.23. The molecule has 0 heterocycles. The Morgan fingerprint density at radius 3 is 1.97 bits per heavy atom. The van der Waals surface area contributed by atoms with Crippen molar-refractivity contribution in [1.82, 2.24) is 10.6 Å². The number of benzene rings is 1. The summed E-state index contributed by atoms with van der Waals surface area (Å²) in [7, 11) is 1.21. The van der Waals surface area contributed by atoms with Crippen LogP contribution in [-0.4, -0.2) is 55.0 Å². The molecule has 1 aromatic carbocycles. The Morgan fingerprint density at radius 1 is 0.906 bits per heavy atom. The van der Waals surface area contributed by atoms with E-state index in [4.69, 9.17) is 18.9 Å². The first-order valence-corrected chi connectivity index (χ1v) is 10.0. The molecule has 0 fully saturated rings. The molecule has 178 valence electrons. The molecule has 2 N–H and O–H groups in total. The second kappa shape index (κ2) is 11.4. The van der Waals surface area contributed by atoms with Gasteiger partial charge in [-0.05, 0) is 59.2 Å². The zero-order chi connectivity index (χ0) is 24.5. The van der Waals surface area contributed by atoms with Gasteiger partial charge in [-0.3, -0.25) is 4.79 Å². The van der Waals surface area contributed by atoms with Crippen molar-refractivity contribution in [1.29, 1.82) is 0 Å². The van der Waals surface area contributed by atoms with Crippen molar-refractivity contribution in [3.8, 4) is 5.75 Å². The Balaban J connectivity index is 2.67. The number of rotatable bonds is 7. The molecule has 1 aromatic rings. The molecule has 10 nitrogen and oxygen atoms in total. The van der Waals surface area contributed by atoms with Crippen LogP contribution in [0.4, 0.5) is 9.59 Å². The lowest BCUT2D eigenvalue weighted by atomic mass is 10.1. The van der Waals surface area contributed by atoms with Crippen LogP contribution in [0.15, 0.2) is 24.3 Å². The smallest absolute Gasteiger partial charge is 0.467 e. The van der Waals surface area contributed by atoms with Crippen molar-refractivity contribution in [3.63, 3.8) is 0 Å². The summed E-state index contributed by atoms with van der Waals surface area (Å²) in [4.78, 5) is 47.7. The quantitative estimate of drug-likeness (QED) is 0.367. The van der Waals surface area contributed by atoms with Crippen LogP contribution in [0.3, 0.4) is 0 Å². The van der Waals surface area contributed by atoms with Gasteiger partial charge in [0.1, 0.15) is 29.5 Å². The number of carbonyl (C=O) groups excluding carboxylic acids is 4. The minimum absolute atomic E-state index is 0.123. The van der Waals surface area contributed by atoms with Crippen molar-refractivity contribution in [3.05, 3.63) is 29.8 Å². The second-order valence-electron chi connectivity index (χ2n) is 8.91. The van der Waals surface area contributed by atoms with Gasteiger partial charge in [0.15, 0.2) is 0 Å². The number of carbonyl (C=O) groups is 4. The first-order chi connectivity index (χ1) is 14.7. The average molecular weight is 453 g/mol. The topological polar surface area (TPSA) is 129 Å². The third-order valence-corrected chi connectivity index (χ3v) is 3.57. The largest absolute Gasteiger partial charge is 0.514 e. The number of amides is 2. The predicted octanol–water partition coefficient (Wildman–Crippen LogP) is 2.73. The highest BCUT2D eigenvalue weighted by molar-refractivity contribution is 5.87. The maximum Gasteiger partial charge on any atom is 0.514 e. The molecular formula is C22H32N2O8. The summed E-state index contributed by atoms with van der Waals surface area (Å²) in [6, 6.07) is 5.38. The fourth-order valence-electron chi connectivity index (χ4n) is 2.34. The molecule has 0 saturated heterocycles. The summed E-state index contributed by atoms with van der Waals surface area (Å²) in [6.07, 6.45) is -1.46. The van der Waals surface area contributed by atoms with E-state index in [2.05, 4.69) is 10.6 Å². The van der Waals surface area contributed by atoms with Crippen molar-refractivity contribution < 1.29 is 38.1 Å². The predicted molar refractivity (Wildman–Crippen MR) is 115 cm³/mol. The van der Waals surface area contributed by atoms with E-state index in [0.29, 0.717) is 5.56 Å². The number of esters is 1. The molecular weight excluding hydrogens is 420 g/mol. The summed E-state index contributed by atoms with van der Waals surface area (Å²) >= 11 is 0. The second-order valence-corrected chi connectivity index (χ2v) is 8.91.